The Kier molecular flexibility index (Phi) is 3.79. The summed E-state index contributed by atoms with van der Waals surface area (Å²) in [6.07, 6.45) is 3.00. The Morgan fingerprint density at radius 2 is 2.32 bits per heavy atom. The van der Waals surface area contributed by atoms with Gasteiger partial charge in [-0.05, 0) is 24.6 Å². The van der Waals surface area contributed by atoms with Crippen LogP contribution in [0.4, 0.5) is 10.1 Å². The average Bonchev–Trinajstić information content (AvgIpc) is 2.82. The van der Waals surface area contributed by atoms with Crippen LogP contribution in [0.1, 0.15) is 22.8 Å². The van der Waals surface area contributed by atoms with Crippen LogP contribution < -0.4 is 5.73 Å². The van der Waals surface area contributed by atoms with E-state index >= 15 is 0 Å². The monoisotopic (exact) mass is 263 g/mol. The van der Waals surface area contributed by atoms with Crippen molar-refractivity contribution >= 4 is 11.7 Å². The maximum Gasteiger partial charge on any atom is 0.341 e. The third kappa shape index (κ3) is 3.09. The number of nitrogen functional groups attached to an aromatic ring is 1. The fourth-order valence-electron chi connectivity index (χ4n) is 1.65. The second-order valence-corrected chi connectivity index (χ2v) is 3.99. The van der Waals surface area contributed by atoms with Crippen molar-refractivity contribution in [3.8, 4) is 0 Å². The quantitative estimate of drug-likeness (QED) is 0.675. The molecule has 2 rings (SSSR count). The van der Waals surface area contributed by atoms with Gasteiger partial charge in [0.05, 0.1) is 24.9 Å². The van der Waals surface area contributed by atoms with Gasteiger partial charge in [0, 0.05) is 11.9 Å². The van der Waals surface area contributed by atoms with Crippen LogP contribution in [0.25, 0.3) is 0 Å². The minimum atomic E-state index is -0.416. The summed E-state index contributed by atoms with van der Waals surface area (Å²) >= 11 is 0. The zero-order valence-electron chi connectivity index (χ0n) is 10.5. The molecule has 0 aliphatic heterocycles. The molecule has 0 fully saturated rings. The SMILES string of the molecule is CCOC(=O)c1cnn(Cc2ccc(F)cc2N)c1. The third-order valence-corrected chi connectivity index (χ3v) is 2.58. The summed E-state index contributed by atoms with van der Waals surface area (Å²) in [5, 5.41) is 4.04. The number of anilines is 1. The van der Waals surface area contributed by atoms with E-state index in [1.54, 1.807) is 23.9 Å². The van der Waals surface area contributed by atoms with Crippen LogP contribution in [0.5, 0.6) is 0 Å². The van der Waals surface area contributed by atoms with Crippen LogP contribution in [0.2, 0.25) is 0 Å². The van der Waals surface area contributed by atoms with E-state index in [2.05, 4.69) is 5.10 Å². The summed E-state index contributed by atoms with van der Waals surface area (Å²) < 4.78 is 19.3. The van der Waals surface area contributed by atoms with Crippen molar-refractivity contribution in [2.75, 3.05) is 12.3 Å². The standard InChI is InChI=1S/C13H14FN3O2/c1-2-19-13(18)10-6-16-17(8-10)7-9-3-4-11(14)5-12(9)15/h3-6,8H,2,7,15H2,1H3. The summed E-state index contributed by atoms with van der Waals surface area (Å²) in [5.74, 6) is -0.797. The van der Waals surface area contributed by atoms with Crippen molar-refractivity contribution in [2.45, 2.75) is 13.5 Å². The number of ether oxygens (including phenoxy) is 1. The first kappa shape index (κ1) is 13.1. The molecule has 0 atom stereocenters. The van der Waals surface area contributed by atoms with Crippen LogP contribution in [-0.2, 0) is 11.3 Å². The molecule has 0 aliphatic carbocycles. The van der Waals surface area contributed by atoms with Gasteiger partial charge in [0.25, 0.3) is 0 Å². The van der Waals surface area contributed by atoms with Gasteiger partial charge >= 0.3 is 5.97 Å². The Balaban J connectivity index is 2.13. The number of nitrogens with two attached hydrogens (primary N) is 1. The van der Waals surface area contributed by atoms with Gasteiger partial charge in [-0.2, -0.15) is 5.10 Å². The first-order valence-electron chi connectivity index (χ1n) is 5.83. The molecule has 5 nitrogen and oxygen atoms in total. The molecule has 19 heavy (non-hydrogen) atoms. The molecule has 0 saturated carbocycles. The fraction of sp³-hybridized carbons (Fsp3) is 0.231. The van der Waals surface area contributed by atoms with E-state index in [1.165, 1.54) is 18.3 Å². The van der Waals surface area contributed by atoms with E-state index in [-0.39, 0.29) is 5.82 Å². The lowest BCUT2D eigenvalue weighted by molar-refractivity contribution is 0.0526. The lowest BCUT2D eigenvalue weighted by atomic mass is 10.2. The number of hydrogen-bond donors (Lipinski definition) is 1. The number of carbonyl (C=O) groups excluding carboxylic acids is 1. The molecule has 0 unspecified atom stereocenters. The van der Waals surface area contributed by atoms with Crippen LogP contribution >= 0.6 is 0 Å². The Hall–Kier alpha value is -2.37. The summed E-state index contributed by atoms with van der Waals surface area (Å²) in [4.78, 5) is 11.5. The van der Waals surface area contributed by atoms with Crippen molar-refractivity contribution in [2.24, 2.45) is 0 Å². The van der Waals surface area contributed by atoms with Crippen LogP contribution in [-0.4, -0.2) is 22.4 Å². The van der Waals surface area contributed by atoms with Gasteiger partial charge in [0.15, 0.2) is 0 Å². The van der Waals surface area contributed by atoms with Crippen molar-refractivity contribution in [1.82, 2.24) is 9.78 Å². The molecule has 2 N–H and O–H groups in total. The third-order valence-electron chi connectivity index (χ3n) is 2.58. The number of benzene rings is 1. The van der Waals surface area contributed by atoms with Crippen molar-refractivity contribution < 1.29 is 13.9 Å². The first-order chi connectivity index (χ1) is 9.10. The minimum Gasteiger partial charge on any atom is -0.462 e. The summed E-state index contributed by atoms with van der Waals surface area (Å²) in [5.41, 5.74) is 7.18. The van der Waals surface area contributed by atoms with Crippen molar-refractivity contribution in [3.63, 3.8) is 0 Å². The minimum absolute atomic E-state index is 0.314. The van der Waals surface area contributed by atoms with E-state index in [4.69, 9.17) is 10.5 Å². The van der Waals surface area contributed by atoms with E-state index in [0.717, 1.165) is 5.56 Å². The van der Waals surface area contributed by atoms with Gasteiger partial charge in [-0.25, -0.2) is 9.18 Å². The molecule has 0 saturated heterocycles. The zero-order valence-corrected chi connectivity index (χ0v) is 10.5. The molecular weight excluding hydrogens is 249 g/mol. The summed E-state index contributed by atoms with van der Waals surface area (Å²) in [6, 6.07) is 4.18. The van der Waals surface area contributed by atoms with Gasteiger partial charge in [-0.1, -0.05) is 6.07 Å². The van der Waals surface area contributed by atoms with Crippen LogP contribution in [0, 0.1) is 5.82 Å². The highest BCUT2D eigenvalue weighted by atomic mass is 19.1. The lowest BCUT2D eigenvalue weighted by Gasteiger charge is -2.05. The highest BCUT2D eigenvalue weighted by Crippen LogP contribution is 2.15. The Morgan fingerprint density at radius 1 is 1.53 bits per heavy atom. The molecule has 2 aromatic rings. The molecule has 100 valence electrons. The smallest absolute Gasteiger partial charge is 0.341 e. The molecule has 0 amide bonds. The number of nitrogens with zero attached hydrogens (tertiary/aromatic N) is 2. The van der Waals surface area contributed by atoms with Gasteiger partial charge in [0.1, 0.15) is 5.82 Å². The van der Waals surface area contributed by atoms with E-state index in [0.29, 0.717) is 24.4 Å². The second-order valence-electron chi connectivity index (χ2n) is 3.99. The summed E-state index contributed by atoms with van der Waals surface area (Å²) in [6.45, 7) is 2.42. The van der Waals surface area contributed by atoms with Gasteiger partial charge < -0.3 is 10.5 Å². The van der Waals surface area contributed by atoms with Gasteiger partial charge in [0.2, 0.25) is 0 Å². The number of halogens is 1. The largest absolute Gasteiger partial charge is 0.462 e. The number of hydrogen-bond acceptors (Lipinski definition) is 4. The maximum atomic E-state index is 12.9. The molecule has 0 bridgehead atoms. The molecular formula is C13H14FN3O2. The average molecular weight is 263 g/mol. The Bertz CT molecular complexity index is 595. The molecule has 0 aliphatic rings. The van der Waals surface area contributed by atoms with Crippen molar-refractivity contribution in [1.29, 1.82) is 0 Å². The Labute approximate surface area is 109 Å². The number of carbonyl (C=O) groups is 1. The normalized spacial score (nSPS) is 10.4. The fourth-order valence-corrected chi connectivity index (χ4v) is 1.65. The molecule has 0 radical (unpaired) electrons. The molecule has 1 aromatic heterocycles. The van der Waals surface area contributed by atoms with E-state index in [9.17, 15) is 9.18 Å². The predicted molar refractivity (Wildman–Crippen MR) is 68.1 cm³/mol. The highest BCUT2D eigenvalue weighted by molar-refractivity contribution is 5.88. The predicted octanol–water partition coefficient (Wildman–Crippen LogP) is 1.83. The first-order valence-corrected chi connectivity index (χ1v) is 5.83. The number of rotatable bonds is 4. The highest BCUT2D eigenvalue weighted by Gasteiger charge is 2.10. The topological polar surface area (TPSA) is 70.1 Å². The van der Waals surface area contributed by atoms with Gasteiger partial charge in [-0.3, -0.25) is 4.68 Å². The van der Waals surface area contributed by atoms with E-state index < -0.39 is 5.97 Å². The zero-order chi connectivity index (χ0) is 13.8. The van der Waals surface area contributed by atoms with Crippen LogP contribution in [0.3, 0.4) is 0 Å². The van der Waals surface area contributed by atoms with Gasteiger partial charge in [-0.15, -0.1) is 0 Å². The lowest BCUT2D eigenvalue weighted by Crippen LogP contribution is -2.05. The molecule has 1 heterocycles. The molecule has 1 aromatic carbocycles. The Morgan fingerprint density at radius 3 is 3.00 bits per heavy atom. The number of aromatic nitrogens is 2. The van der Waals surface area contributed by atoms with Crippen molar-refractivity contribution in [3.05, 3.63) is 47.5 Å². The second kappa shape index (κ2) is 5.51. The van der Waals surface area contributed by atoms with E-state index in [1.807, 2.05) is 0 Å². The summed E-state index contributed by atoms with van der Waals surface area (Å²) in [7, 11) is 0. The molecule has 6 heteroatoms. The molecule has 0 spiro atoms. The maximum absolute atomic E-state index is 12.9. The number of esters is 1. The van der Waals surface area contributed by atoms with Crippen LogP contribution in [0.15, 0.2) is 30.6 Å².